The molecule has 2 N–H and O–H groups in total. The van der Waals surface area contributed by atoms with Gasteiger partial charge in [-0.15, -0.1) is 0 Å². The first kappa shape index (κ1) is 13.3. The monoisotopic (exact) mass is 264 g/mol. The Morgan fingerprint density at radius 1 is 1.42 bits per heavy atom. The van der Waals surface area contributed by atoms with E-state index in [9.17, 15) is 14.4 Å². The van der Waals surface area contributed by atoms with Crippen molar-refractivity contribution in [3.8, 4) is 0 Å². The smallest absolute Gasteiger partial charge is 0.305 e. The SMILES string of the molecule is CC(=O)c1c[nH]c(C(=O)N(CCC(=O)O)C2CC2)c1. The van der Waals surface area contributed by atoms with Crippen LogP contribution in [0.3, 0.4) is 0 Å². The summed E-state index contributed by atoms with van der Waals surface area (Å²) in [6.45, 7) is 1.63. The van der Waals surface area contributed by atoms with E-state index in [0.717, 1.165) is 12.8 Å². The van der Waals surface area contributed by atoms with E-state index in [1.54, 1.807) is 4.90 Å². The third-order valence-electron chi connectivity index (χ3n) is 3.14. The third kappa shape index (κ3) is 3.21. The average molecular weight is 264 g/mol. The zero-order chi connectivity index (χ0) is 14.0. The highest BCUT2D eigenvalue weighted by Gasteiger charge is 2.33. The summed E-state index contributed by atoms with van der Waals surface area (Å²) in [6.07, 6.45) is 3.25. The number of carbonyl (C=O) groups is 3. The van der Waals surface area contributed by atoms with Crippen molar-refractivity contribution in [2.75, 3.05) is 6.54 Å². The van der Waals surface area contributed by atoms with E-state index < -0.39 is 5.97 Å². The van der Waals surface area contributed by atoms with Crippen molar-refractivity contribution in [1.29, 1.82) is 0 Å². The number of rotatable bonds is 6. The third-order valence-corrected chi connectivity index (χ3v) is 3.14. The maximum absolute atomic E-state index is 12.3. The van der Waals surface area contributed by atoms with E-state index in [2.05, 4.69) is 4.98 Å². The lowest BCUT2D eigenvalue weighted by Gasteiger charge is -2.20. The molecule has 0 bridgehead atoms. The second-order valence-corrected chi connectivity index (χ2v) is 4.73. The highest BCUT2D eigenvalue weighted by atomic mass is 16.4. The maximum atomic E-state index is 12.3. The lowest BCUT2D eigenvalue weighted by Crippen LogP contribution is -2.35. The molecular weight excluding hydrogens is 248 g/mol. The Morgan fingerprint density at radius 3 is 2.58 bits per heavy atom. The van der Waals surface area contributed by atoms with Crippen LogP contribution < -0.4 is 0 Å². The topological polar surface area (TPSA) is 90.5 Å². The summed E-state index contributed by atoms with van der Waals surface area (Å²) in [5, 5.41) is 8.70. The van der Waals surface area contributed by atoms with Crippen LogP contribution in [0.5, 0.6) is 0 Å². The Hall–Kier alpha value is -2.11. The van der Waals surface area contributed by atoms with Gasteiger partial charge in [-0.25, -0.2) is 0 Å². The predicted molar refractivity (Wildman–Crippen MR) is 67.1 cm³/mol. The number of carboxylic acid groups (broad SMARTS) is 1. The summed E-state index contributed by atoms with van der Waals surface area (Å²) in [5.74, 6) is -1.27. The number of amides is 1. The minimum absolute atomic E-state index is 0.0670. The van der Waals surface area contributed by atoms with Gasteiger partial charge in [0.15, 0.2) is 5.78 Å². The van der Waals surface area contributed by atoms with E-state index in [-0.39, 0.29) is 30.7 Å². The molecule has 1 aliphatic carbocycles. The number of hydrogen-bond donors (Lipinski definition) is 2. The van der Waals surface area contributed by atoms with Crippen LogP contribution in [0.4, 0.5) is 0 Å². The summed E-state index contributed by atoms with van der Waals surface area (Å²) >= 11 is 0. The number of aliphatic carboxylic acids is 1. The fourth-order valence-corrected chi connectivity index (χ4v) is 1.93. The number of H-pyrrole nitrogens is 1. The number of hydrogen-bond acceptors (Lipinski definition) is 3. The summed E-state index contributed by atoms with van der Waals surface area (Å²) in [7, 11) is 0. The molecule has 0 atom stereocenters. The molecule has 19 heavy (non-hydrogen) atoms. The van der Waals surface area contributed by atoms with Crippen LogP contribution >= 0.6 is 0 Å². The Labute approximate surface area is 110 Å². The molecule has 0 unspecified atom stereocenters. The largest absolute Gasteiger partial charge is 0.481 e. The number of ketones is 1. The highest BCUT2D eigenvalue weighted by molar-refractivity contribution is 5.99. The first-order valence-corrected chi connectivity index (χ1v) is 6.21. The van der Waals surface area contributed by atoms with Crippen LogP contribution in [0, 0.1) is 0 Å². The molecule has 0 aliphatic heterocycles. The van der Waals surface area contributed by atoms with Crippen molar-refractivity contribution in [3.05, 3.63) is 23.5 Å². The van der Waals surface area contributed by atoms with Gasteiger partial charge in [0.2, 0.25) is 0 Å². The molecule has 2 rings (SSSR count). The first-order chi connectivity index (χ1) is 8.99. The van der Waals surface area contributed by atoms with Gasteiger partial charge in [-0.2, -0.15) is 0 Å². The molecule has 1 aliphatic rings. The van der Waals surface area contributed by atoms with Gasteiger partial charge in [0.25, 0.3) is 5.91 Å². The van der Waals surface area contributed by atoms with E-state index >= 15 is 0 Å². The number of aromatic amines is 1. The van der Waals surface area contributed by atoms with Crippen LogP contribution in [-0.4, -0.2) is 45.2 Å². The molecule has 6 nitrogen and oxygen atoms in total. The molecule has 1 aromatic heterocycles. The summed E-state index contributed by atoms with van der Waals surface area (Å²) in [4.78, 5) is 38.4. The van der Waals surface area contributed by atoms with Crippen LogP contribution in [0.2, 0.25) is 0 Å². The average Bonchev–Trinajstić information content (AvgIpc) is 3.05. The lowest BCUT2D eigenvalue weighted by molar-refractivity contribution is -0.137. The van der Waals surface area contributed by atoms with Crippen LogP contribution in [0.15, 0.2) is 12.3 Å². The van der Waals surface area contributed by atoms with Gasteiger partial charge in [0.05, 0.1) is 6.42 Å². The number of nitrogens with one attached hydrogen (secondary N) is 1. The van der Waals surface area contributed by atoms with Gasteiger partial charge in [-0.1, -0.05) is 0 Å². The zero-order valence-corrected chi connectivity index (χ0v) is 10.7. The standard InChI is InChI=1S/C13H16N2O4/c1-8(16)9-6-11(14-7-9)13(19)15(10-2-3-10)5-4-12(17)18/h6-7,10,14H,2-5H2,1H3,(H,17,18). The summed E-state index contributed by atoms with van der Waals surface area (Å²) in [6, 6.07) is 1.65. The molecule has 0 saturated heterocycles. The van der Waals surface area contributed by atoms with Crippen molar-refractivity contribution < 1.29 is 19.5 Å². The quantitative estimate of drug-likeness (QED) is 0.758. The van der Waals surface area contributed by atoms with E-state index in [1.165, 1.54) is 19.2 Å². The Morgan fingerprint density at radius 2 is 2.11 bits per heavy atom. The molecular formula is C13H16N2O4. The molecule has 0 radical (unpaired) electrons. The number of carboxylic acids is 1. The Kier molecular flexibility index (Phi) is 3.69. The van der Waals surface area contributed by atoms with Gasteiger partial charge in [0.1, 0.15) is 5.69 Å². The van der Waals surface area contributed by atoms with Crippen molar-refractivity contribution in [1.82, 2.24) is 9.88 Å². The maximum Gasteiger partial charge on any atom is 0.305 e. The van der Waals surface area contributed by atoms with E-state index in [1.807, 2.05) is 0 Å². The van der Waals surface area contributed by atoms with Gasteiger partial charge in [-0.3, -0.25) is 14.4 Å². The summed E-state index contributed by atoms with van der Waals surface area (Å²) in [5.41, 5.74) is 0.792. The molecule has 1 amide bonds. The number of carbonyl (C=O) groups excluding carboxylic acids is 2. The summed E-state index contributed by atoms with van der Waals surface area (Å²) < 4.78 is 0. The minimum atomic E-state index is -0.922. The lowest BCUT2D eigenvalue weighted by atomic mass is 10.2. The molecule has 1 heterocycles. The second-order valence-electron chi connectivity index (χ2n) is 4.73. The van der Waals surface area contributed by atoms with Crippen molar-refractivity contribution >= 4 is 17.7 Å². The van der Waals surface area contributed by atoms with Gasteiger partial charge in [-0.05, 0) is 25.8 Å². The van der Waals surface area contributed by atoms with E-state index in [4.69, 9.17) is 5.11 Å². The molecule has 102 valence electrons. The Bertz CT molecular complexity index is 516. The van der Waals surface area contributed by atoms with Gasteiger partial charge < -0.3 is 15.0 Å². The number of aromatic nitrogens is 1. The predicted octanol–water partition coefficient (Wildman–Crippen LogP) is 1.30. The fourth-order valence-electron chi connectivity index (χ4n) is 1.93. The first-order valence-electron chi connectivity index (χ1n) is 6.21. The number of nitrogens with zero attached hydrogens (tertiary/aromatic N) is 1. The Balaban J connectivity index is 2.09. The van der Waals surface area contributed by atoms with E-state index in [0.29, 0.717) is 11.3 Å². The molecule has 0 aromatic carbocycles. The fraction of sp³-hybridized carbons (Fsp3) is 0.462. The molecule has 6 heteroatoms. The zero-order valence-electron chi connectivity index (χ0n) is 10.7. The van der Waals surface area contributed by atoms with Crippen molar-refractivity contribution in [2.24, 2.45) is 0 Å². The van der Waals surface area contributed by atoms with Crippen molar-refractivity contribution in [2.45, 2.75) is 32.2 Å². The van der Waals surface area contributed by atoms with Crippen LogP contribution in [-0.2, 0) is 4.79 Å². The number of Topliss-reactive ketones (excluding diaryl/α,β-unsaturated/α-hetero) is 1. The van der Waals surface area contributed by atoms with Crippen molar-refractivity contribution in [3.63, 3.8) is 0 Å². The highest BCUT2D eigenvalue weighted by Crippen LogP contribution is 2.28. The van der Waals surface area contributed by atoms with Gasteiger partial charge in [0, 0.05) is 24.3 Å². The molecule has 1 aromatic rings. The second kappa shape index (κ2) is 5.26. The van der Waals surface area contributed by atoms with Gasteiger partial charge >= 0.3 is 5.97 Å². The molecule has 1 saturated carbocycles. The van der Waals surface area contributed by atoms with Crippen LogP contribution in [0.1, 0.15) is 47.0 Å². The normalized spacial score (nSPS) is 14.2. The minimum Gasteiger partial charge on any atom is -0.481 e. The molecule has 0 spiro atoms. The van der Waals surface area contributed by atoms with Crippen LogP contribution in [0.25, 0.3) is 0 Å². The molecule has 1 fully saturated rings.